The van der Waals surface area contributed by atoms with Crippen molar-refractivity contribution in [1.82, 2.24) is 5.32 Å². The summed E-state index contributed by atoms with van der Waals surface area (Å²) >= 11 is 5.34. The summed E-state index contributed by atoms with van der Waals surface area (Å²) in [5.41, 5.74) is 1.13. The van der Waals surface area contributed by atoms with Crippen molar-refractivity contribution in [2.24, 2.45) is 11.3 Å². The van der Waals surface area contributed by atoms with Crippen molar-refractivity contribution in [2.75, 3.05) is 5.32 Å². The number of benzene rings is 1. The van der Waals surface area contributed by atoms with Gasteiger partial charge in [-0.3, -0.25) is 0 Å². The molecular formula is C18H27FN2S. The lowest BCUT2D eigenvalue weighted by molar-refractivity contribution is 0.141. The summed E-state index contributed by atoms with van der Waals surface area (Å²) < 4.78 is 13.2. The largest absolute Gasteiger partial charge is 0.360 e. The number of anilines is 1. The Morgan fingerprint density at radius 2 is 1.95 bits per heavy atom. The molecule has 0 atom stereocenters. The maximum Gasteiger partial charge on any atom is 0.170 e. The van der Waals surface area contributed by atoms with Crippen LogP contribution >= 0.6 is 12.2 Å². The van der Waals surface area contributed by atoms with E-state index in [4.69, 9.17) is 12.2 Å². The van der Waals surface area contributed by atoms with Crippen LogP contribution in [0.1, 0.15) is 52.9 Å². The molecule has 1 aromatic rings. The lowest BCUT2D eigenvalue weighted by Gasteiger charge is -2.39. The smallest absolute Gasteiger partial charge is 0.170 e. The minimum absolute atomic E-state index is 0.255. The molecule has 2 N–H and O–H groups in total. The van der Waals surface area contributed by atoms with Gasteiger partial charge in [0.05, 0.1) is 0 Å². The van der Waals surface area contributed by atoms with Gasteiger partial charge in [-0.05, 0) is 67.4 Å². The van der Waals surface area contributed by atoms with Gasteiger partial charge in [0.1, 0.15) is 5.82 Å². The summed E-state index contributed by atoms with van der Waals surface area (Å²) in [4.78, 5) is 0. The number of thiocarbonyl (C=S) groups is 1. The Morgan fingerprint density at radius 3 is 2.55 bits per heavy atom. The Balaban J connectivity index is 1.80. The van der Waals surface area contributed by atoms with Gasteiger partial charge in [-0.2, -0.15) is 0 Å². The van der Waals surface area contributed by atoms with Gasteiger partial charge in [0.25, 0.3) is 0 Å². The number of hydrogen-bond acceptors (Lipinski definition) is 1. The van der Waals surface area contributed by atoms with Gasteiger partial charge in [0, 0.05) is 11.7 Å². The van der Waals surface area contributed by atoms with Gasteiger partial charge in [0.15, 0.2) is 5.11 Å². The lowest BCUT2D eigenvalue weighted by Crippen LogP contribution is -2.41. The molecule has 0 bridgehead atoms. The summed E-state index contributed by atoms with van der Waals surface area (Å²) in [6, 6.07) is 6.81. The third-order valence-corrected chi connectivity index (χ3v) is 5.38. The topological polar surface area (TPSA) is 24.1 Å². The Bertz CT molecular complexity index is 508. The van der Waals surface area contributed by atoms with Crippen LogP contribution in [0.25, 0.3) is 0 Å². The second-order valence-electron chi connectivity index (χ2n) is 7.00. The molecule has 0 aliphatic heterocycles. The second-order valence-corrected chi connectivity index (χ2v) is 7.41. The van der Waals surface area contributed by atoms with Crippen molar-refractivity contribution >= 4 is 23.0 Å². The molecule has 22 heavy (non-hydrogen) atoms. The van der Waals surface area contributed by atoms with Crippen LogP contribution < -0.4 is 10.6 Å². The molecule has 1 aromatic carbocycles. The van der Waals surface area contributed by atoms with E-state index in [2.05, 4.69) is 31.4 Å². The summed E-state index contributed by atoms with van der Waals surface area (Å²) in [7, 11) is 0. The van der Waals surface area contributed by atoms with E-state index in [-0.39, 0.29) is 5.82 Å². The highest BCUT2D eigenvalue weighted by Crippen LogP contribution is 2.40. The van der Waals surface area contributed by atoms with E-state index in [1.54, 1.807) is 6.07 Å². The average molecular weight is 322 g/mol. The Labute approximate surface area is 138 Å². The van der Waals surface area contributed by atoms with E-state index in [0.717, 1.165) is 18.8 Å². The van der Waals surface area contributed by atoms with Gasteiger partial charge in [-0.15, -0.1) is 0 Å². The van der Waals surface area contributed by atoms with Crippen molar-refractivity contribution in [3.63, 3.8) is 0 Å². The maximum absolute atomic E-state index is 13.2. The molecule has 1 aliphatic carbocycles. The van der Waals surface area contributed by atoms with E-state index < -0.39 is 0 Å². The van der Waals surface area contributed by atoms with E-state index in [9.17, 15) is 4.39 Å². The molecule has 2 rings (SSSR count). The van der Waals surface area contributed by atoms with Crippen molar-refractivity contribution in [1.29, 1.82) is 0 Å². The van der Waals surface area contributed by atoms with E-state index in [1.165, 1.54) is 31.4 Å². The predicted molar refractivity (Wildman–Crippen MR) is 95.6 cm³/mol. The number of nitrogens with one attached hydrogen (secondary N) is 2. The summed E-state index contributed by atoms with van der Waals surface area (Å²) in [6.45, 7) is 7.03. The molecule has 2 nitrogen and oxygen atoms in total. The van der Waals surface area contributed by atoms with Crippen molar-refractivity contribution in [3.05, 3.63) is 30.1 Å². The average Bonchev–Trinajstić information content (AvgIpc) is 2.47. The van der Waals surface area contributed by atoms with Crippen LogP contribution in [0.2, 0.25) is 0 Å². The zero-order valence-electron chi connectivity index (χ0n) is 13.8. The highest BCUT2D eigenvalue weighted by atomic mass is 32.1. The number of halogens is 1. The summed E-state index contributed by atoms with van der Waals surface area (Å²) in [5.74, 6) is 0.551. The van der Waals surface area contributed by atoms with Gasteiger partial charge in [-0.25, -0.2) is 4.39 Å². The molecule has 0 unspecified atom stereocenters. The minimum Gasteiger partial charge on any atom is -0.360 e. The highest BCUT2D eigenvalue weighted by Gasteiger charge is 2.31. The van der Waals surface area contributed by atoms with Crippen molar-refractivity contribution in [2.45, 2.75) is 58.9 Å². The normalized spacial score (nSPS) is 22.2. The first-order valence-corrected chi connectivity index (χ1v) is 8.64. The van der Waals surface area contributed by atoms with Gasteiger partial charge in [-0.1, -0.05) is 33.3 Å². The molecule has 0 radical (unpaired) electrons. The minimum atomic E-state index is -0.255. The van der Waals surface area contributed by atoms with E-state index >= 15 is 0 Å². The molecule has 0 amide bonds. The van der Waals surface area contributed by atoms with E-state index in [0.29, 0.717) is 22.3 Å². The van der Waals surface area contributed by atoms with Crippen molar-refractivity contribution < 1.29 is 4.39 Å². The molecule has 1 saturated carbocycles. The van der Waals surface area contributed by atoms with Crippen LogP contribution in [0.3, 0.4) is 0 Å². The molecule has 122 valence electrons. The molecule has 1 aliphatic rings. The SMILES string of the molecule is CCC(C)(C)C1CCC(NC(=S)Nc2cccc(F)c2)CC1. The molecule has 0 saturated heterocycles. The first-order chi connectivity index (χ1) is 10.4. The molecular weight excluding hydrogens is 295 g/mol. The Kier molecular flexibility index (Phi) is 5.79. The molecule has 0 heterocycles. The summed E-state index contributed by atoms with van der Waals surface area (Å²) in [5, 5.41) is 7.02. The zero-order chi connectivity index (χ0) is 16.2. The Hall–Kier alpha value is -1.16. The molecule has 1 fully saturated rings. The molecule has 0 spiro atoms. The van der Waals surface area contributed by atoms with Gasteiger partial charge >= 0.3 is 0 Å². The second kappa shape index (κ2) is 7.40. The molecule has 4 heteroatoms. The van der Waals surface area contributed by atoms with Crippen molar-refractivity contribution in [3.8, 4) is 0 Å². The van der Waals surface area contributed by atoms with Gasteiger partial charge in [0.2, 0.25) is 0 Å². The standard InChI is InChI=1S/C18H27FN2S/c1-4-18(2,3)13-8-10-15(11-9-13)20-17(22)21-16-7-5-6-14(19)12-16/h5-7,12-13,15H,4,8-11H2,1-3H3,(H2,20,21,22). The maximum atomic E-state index is 13.2. The fourth-order valence-corrected chi connectivity index (χ4v) is 3.51. The van der Waals surface area contributed by atoms with Crippen LogP contribution in [0.15, 0.2) is 24.3 Å². The number of rotatable bonds is 4. The summed E-state index contributed by atoms with van der Waals surface area (Å²) in [6.07, 6.45) is 6.04. The Morgan fingerprint density at radius 1 is 1.27 bits per heavy atom. The zero-order valence-corrected chi connectivity index (χ0v) is 14.6. The lowest BCUT2D eigenvalue weighted by atomic mass is 9.69. The van der Waals surface area contributed by atoms with Crippen LogP contribution in [-0.2, 0) is 0 Å². The fraction of sp³-hybridized carbons (Fsp3) is 0.611. The van der Waals surface area contributed by atoms with E-state index in [1.807, 2.05) is 6.07 Å². The van der Waals surface area contributed by atoms with Gasteiger partial charge < -0.3 is 10.6 Å². The first kappa shape index (κ1) is 17.2. The first-order valence-electron chi connectivity index (χ1n) is 8.24. The van der Waals surface area contributed by atoms with Crippen LogP contribution in [0.4, 0.5) is 10.1 Å². The fourth-order valence-electron chi connectivity index (χ4n) is 3.23. The van der Waals surface area contributed by atoms with Crippen LogP contribution in [0, 0.1) is 17.2 Å². The van der Waals surface area contributed by atoms with Crippen LogP contribution in [-0.4, -0.2) is 11.2 Å². The number of hydrogen-bond donors (Lipinski definition) is 2. The third kappa shape index (κ3) is 4.67. The highest BCUT2D eigenvalue weighted by molar-refractivity contribution is 7.80. The molecule has 0 aromatic heterocycles. The van der Waals surface area contributed by atoms with Crippen LogP contribution in [0.5, 0.6) is 0 Å². The monoisotopic (exact) mass is 322 g/mol. The quantitative estimate of drug-likeness (QED) is 0.754. The predicted octanol–water partition coefficient (Wildman–Crippen LogP) is 5.11. The third-order valence-electron chi connectivity index (χ3n) is 5.16.